The fourth-order valence-corrected chi connectivity index (χ4v) is 4.62. The molecule has 1 atom stereocenters. The van der Waals surface area contributed by atoms with E-state index in [0.29, 0.717) is 19.4 Å². The summed E-state index contributed by atoms with van der Waals surface area (Å²) in [5.74, 6) is 0. The van der Waals surface area contributed by atoms with Gasteiger partial charge >= 0.3 is 0 Å². The van der Waals surface area contributed by atoms with Crippen LogP contribution in [0.25, 0.3) is 0 Å². The molecule has 1 fully saturated rings. The van der Waals surface area contributed by atoms with E-state index in [-0.39, 0.29) is 16.4 Å². The number of sulfonamides is 1. The summed E-state index contributed by atoms with van der Waals surface area (Å²) in [6.45, 7) is 0.169. The van der Waals surface area contributed by atoms with E-state index in [9.17, 15) is 21.9 Å². The van der Waals surface area contributed by atoms with E-state index in [1.165, 1.54) is 28.6 Å². The first kappa shape index (κ1) is 15.4. The van der Waals surface area contributed by atoms with Gasteiger partial charge in [-0.3, -0.25) is 0 Å². The number of rotatable bonds is 4. The first-order chi connectivity index (χ1) is 9.26. The molecule has 0 saturated carbocycles. The van der Waals surface area contributed by atoms with Crippen LogP contribution in [0.3, 0.4) is 0 Å². The van der Waals surface area contributed by atoms with Gasteiger partial charge in [-0.15, -0.1) is 0 Å². The molecule has 0 bridgehead atoms. The SMILES string of the molecule is CS(=O)(=O)c1ccc(S(=O)(=O)N2CCC[C@@H]2CO)cc1. The number of benzene rings is 1. The van der Waals surface area contributed by atoms with E-state index in [1.807, 2.05) is 0 Å². The Morgan fingerprint density at radius 2 is 1.70 bits per heavy atom. The molecule has 0 spiro atoms. The summed E-state index contributed by atoms with van der Waals surface area (Å²) in [6.07, 6.45) is 2.42. The molecule has 0 aliphatic carbocycles. The number of aliphatic hydroxyl groups is 1. The highest BCUT2D eigenvalue weighted by Crippen LogP contribution is 2.26. The van der Waals surface area contributed by atoms with Crippen LogP contribution in [0.5, 0.6) is 0 Å². The summed E-state index contributed by atoms with van der Waals surface area (Å²) in [4.78, 5) is 0.127. The number of sulfone groups is 1. The van der Waals surface area contributed by atoms with Crippen molar-refractivity contribution in [3.8, 4) is 0 Å². The molecule has 8 heteroatoms. The standard InChI is InChI=1S/C12H17NO5S2/c1-19(15,16)11-4-6-12(7-5-11)20(17,18)13-8-2-3-10(13)9-14/h4-7,10,14H,2-3,8-9H2,1H3/t10-/m1/s1. The summed E-state index contributed by atoms with van der Waals surface area (Å²) >= 11 is 0. The second kappa shape index (κ2) is 5.44. The lowest BCUT2D eigenvalue weighted by Gasteiger charge is -2.22. The van der Waals surface area contributed by atoms with Crippen LogP contribution in [0.2, 0.25) is 0 Å². The lowest BCUT2D eigenvalue weighted by atomic mass is 10.2. The molecule has 2 rings (SSSR count). The maximum Gasteiger partial charge on any atom is 0.243 e. The van der Waals surface area contributed by atoms with Gasteiger partial charge in [0.25, 0.3) is 0 Å². The number of aliphatic hydroxyl groups excluding tert-OH is 1. The molecule has 1 aromatic rings. The largest absolute Gasteiger partial charge is 0.395 e. The van der Waals surface area contributed by atoms with Gasteiger partial charge in [-0.05, 0) is 37.1 Å². The zero-order valence-electron chi connectivity index (χ0n) is 11.1. The van der Waals surface area contributed by atoms with Gasteiger partial charge in [0.15, 0.2) is 9.84 Å². The molecule has 1 aliphatic heterocycles. The van der Waals surface area contributed by atoms with E-state index in [1.54, 1.807) is 0 Å². The Bertz CT molecular complexity index is 679. The minimum Gasteiger partial charge on any atom is -0.395 e. The van der Waals surface area contributed by atoms with Crippen LogP contribution >= 0.6 is 0 Å². The first-order valence-corrected chi connectivity index (χ1v) is 9.53. The fraction of sp³-hybridized carbons (Fsp3) is 0.500. The maximum atomic E-state index is 12.4. The van der Waals surface area contributed by atoms with Crippen molar-refractivity contribution in [1.29, 1.82) is 0 Å². The quantitative estimate of drug-likeness (QED) is 0.858. The Balaban J connectivity index is 2.35. The first-order valence-electron chi connectivity index (χ1n) is 6.19. The highest BCUT2D eigenvalue weighted by Gasteiger charge is 2.34. The average molecular weight is 319 g/mol. The molecule has 0 amide bonds. The van der Waals surface area contributed by atoms with Gasteiger partial charge in [0.2, 0.25) is 10.0 Å². The minimum absolute atomic E-state index is 0.0465. The van der Waals surface area contributed by atoms with Crippen LogP contribution in [0, 0.1) is 0 Å². The van der Waals surface area contributed by atoms with E-state index in [0.717, 1.165) is 6.26 Å². The summed E-state index contributed by atoms with van der Waals surface area (Å²) < 4.78 is 48.9. The van der Waals surface area contributed by atoms with Gasteiger partial charge < -0.3 is 5.11 Å². The van der Waals surface area contributed by atoms with Crippen molar-refractivity contribution in [2.45, 2.75) is 28.7 Å². The number of hydrogen-bond acceptors (Lipinski definition) is 5. The van der Waals surface area contributed by atoms with Gasteiger partial charge in [-0.25, -0.2) is 16.8 Å². The predicted molar refractivity (Wildman–Crippen MR) is 73.6 cm³/mol. The molecule has 1 saturated heterocycles. The normalized spacial score (nSPS) is 21.2. The zero-order chi connectivity index (χ0) is 15.0. The van der Waals surface area contributed by atoms with Crippen molar-refractivity contribution in [3.05, 3.63) is 24.3 Å². The van der Waals surface area contributed by atoms with Crippen LogP contribution < -0.4 is 0 Å². The highest BCUT2D eigenvalue weighted by atomic mass is 32.2. The van der Waals surface area contributed by atoms with E-state index in [2.05, 4.69) is 0 Å². The minimum atomic E-state index is -3.68. The van der Waals surface area contributed by atoms with Crippen molar-refractivity contribution in [3.63, 3.8) is 0 Å². The Kier molecular flexibility index (Phi) is 4.19. The molecule has 0 radical (unpaired) electrons. The second-order valence-electron chi connectivity index (χ2n) is 4.84. The van der Waals surface area contributed by atoms with Gasteiger partial charge in [0.1, 0.15) is 0 Å². The third kappa shape index (κ3) is 2.88. The smallest absolute Gasteiger partial charge is 0.243 e. The van der Waals surface area contributed by atoms with Crippen molar-refractivity contribution < 1.29 is 21.9 Å². The Morgan fingerprint density at radius 3 is 2.20 bits per heavy atom. The predicted octanol–water partition coefficient (Wildman–Crippen LogP) is 0.235. The maximum absolute atomic E-state index is 12.4. The summed E-state index contributed by atoms with van der Waals surface area (Å²) in [5.41, 5.74) is 0. The van der Waals surface area contributed by atoms with Gasteiger partial charge in [0.05, 0.1) is 16.4 Å². The molecule has 1 aliphatic rings. The molecular weight excluding hydrogens is 302 g/mol. The lowest BCUT2D eigenvalue weighted by Crippen LogP contribution is -2.37. The molecule has 0 aromatic heterocycles. The molecular formula is C12H17NO5S2. The molecule has 6 nitrogen and oxygen atoms in total. The van der Waals surface area contributed by atoms with Crippen LogP contribution in [-0.2, 0) is 19.9 Å². The van der Waals surface area contributed by atoms with E-state index >= 15 is 0 Å². The molecule has 0 unspecified atom stereocenters. The lowest BCUT2D eigenvalue weighted by molar-refractivity contribution is 0.213. The van der Waals surface area contributed by atoms with E-state index < -0.39 is 25.9 Å². The summed E-state index contributed by atoms with van der Waals surface area (Å²) in [7, 11) is -7.03. The molecule has 1 N–H and O–H groups in total. The molecule has 112 valence electrons. The van der Waals surface area contributed by atoms with Gasteiger partial charge in [-0.2, -0.15) is 4.31 Å². The van der Waals surface area contributed by atoms with E-state index in [4.69, 9.17) is 0 Å². The topological polar surface area (TPSA) is 91.8 Å². The summed E-state index contributed by atoms with van der Waals surface area (Å²) in [5, 5.41) is 9.21. The Labute approximate surface area is 119 Å². The Morgan fingerprint density at radius 1 is 1.15 bits per heavy atom. The van der Waals surface area contributed by atoms with Crippen LogP contribution in [0.15, 0.2) is 34.1 Å². The third-order valence-corrected chi connectivity index (χ3v) is 6.49. The average Bonchev–Trinajstić information content (AvgIpc) is 2.87. The van der Waals surface area contributed by atoms with Crippen molar-refractivity contribution in [2.75, 3.05) is 19.4 Å². The molecule has 1 heterocycles. The van der Waals surface area contributed by atoms with Crippen LogP contribution in [0.1, 0.15) is 12.8 Å². The summed E-state index contributed by atoms with van der Waals surface area (Å²) in [6, 6.07) is 4.75. The molecule has 1 aromatic carbocycles. The number of hydrogen-bond donors (Lipinski definition) is 1. The monoisotopic (exact) mass is 319 g/mol. The highest BCUT2D eigenvalue weighted by molar-refractivity contribution is 7.90. The Hall–Kier alpha value is -0.960. The van der Waals surface area contributed by atoms with Gasteiger partial charge in [-0.1, -0.05) is 0 Å². The van der Waals surface area contributed by atoms with Crippen LogP contribution in [-0.4, -0.2) is 51.7 Å². The second-order valence-corrected chi connectivity index (χ2v) is 8.74. The van der Waals surface area contributed by atoms with Crippen molar-refractivity contribution >= 4 is 19.9 Å². The fourth-order valence-electron chi connectivity index (χ4n) is 2.30. The van der Waals surface area contributed by atoms with Crippen molar-refractivity contribution in [2.24, 2.45) is 0 Å². The zero-order valence-corrected chi connectivity index (χ0v) is 12.7. The number of nitrogens with zero attached hydrogens (tertiary/aromatic N) is 1. The van der Waals surface area contributed by atoms with Gasteiger partial charge in [0, 0.05) is 18.8 Å². The van der Waals surface area contributed by atoms with Crippen LogP contribution in [0.4, 0.5) is 0 Å². The third-order valence-electron chi connectivity index (χ3n) is 3.39. The van der Waals surface area contributed by atoms with Crippen molar-refractivity contribution in [1.82, 2.24) is 4.31 Å². The molecule has 20 heavy (non-hydrogen) atoms.